The molecule has 0 atom stereocenters. The van der Waals surface area contributed by atoms with Gasteiger partial charge in [-0.1, -0.05) is 35.9 Å². The van der Waals surface area contributed by atoms with Crippen LogP contribution in [0.2, 0.25) is 5.02 Å². The van der Waals surface area contributed by atoms with Crippen LogP contribution in [-0.2, 0) is 6.42 Å². The number of halogens is 1. The van der Waals surface area contributed by atoms with E-state index in [4.69, 9.17) is 16.3 Å². The molecule has 2 heterocycles. The summed E-state index contributed by atoms with van der Waals surface area (Å²) in [5, 5.41) is 14.8. The normalized spacial score (nSPS) is 13.9. The van der Waals surface area contributed by atoms with E-state index in [2.05, 4.69) is 27.1 Å². The maximum atomic E-state index is 12.3. The number of hydrogen-bond donors (Lipinski definition) is 1. The molecule has 1 aromatic heterocycles. The number of piperazine rings is 1. The molecule has 1 saturated heterocycles. The Balaban J connectivity index is 1.31. The molecule has 0 spiro atoms. The van der Waals surface area contributed by atoms with Gasteiger partial charge in [-0.2, -0.15) is 0 Å². The molecule has 2 aromatic carbocycles. The molecule has 3 aromatic rings. The lowest BCUT2D eigenvalue weighted by atomic mass is 10.0. The summed E-state index contributed by atoms with van der Waals surface area (Å²) >= 11 is 5.91. The fourth-order valence-electron chi connectivity index (χ4n) is 3.80. The predicted octanol–water partition coefficient (Wildman–Crippen LogP) is 4.39. The van der Waals surface area contributed by atoms with Gasteiger partial charge in [0.25, 0.3) is 0 Å². The number of amides is 1. The van der Waals surface area contributed by atoms with Crippen LogP contribution in [-0.4, -0.2) is 60.7 Å². The SMILES string of the molecule is CN1CCN(c2ccc(CCNC(=O)Oc3ccc(-c4ccc(Cl)cc4)cc3[N+](=O)[O-])cn2)CC1. The molecular formula is C25H26ClN5O4. The molecule has 1 N–H and O–H groups in total. The Labute approximate surface area is 208 Å². The van der Waals surface area contributed by atoms with E-state index in [-0.39, 0.29) is 11.4 Å². The zero-order valence-electron chi connectivity index (χ0n) is 19.3. The Morgan fingerprint density at radius 2 is 1.80 bits per heavy atom. The van der Waals surface area contributed by atoms with Crippen molar-refractivity contribution in [2.45, 2.75) is 6.42 Å². The second-order valence-electron chi connectivity index (χ2n) is 8.33. The van der Waals surface area contributed by atoms with Gasteiger partial charge in [-0.25, -0.2) is 9.78 Å². The molecule has 0 unspecified atom stereocenters. The van der Waals surface area contributed by atoms with Crippen molar-refractivity contribution in [3.8, 4) is 16.9 Å². The number of hydrogen-bond acceptors (Lipinski definition) is 7. The maximum absolute atomic E-state index is 12.3. The number of benzene rings is 2. The first-order valence-corrected chi connectivity index (χ1v) is 11.7. The number of carbonyl (C=O) groups excluding carboxylic acids is 1. The van der Waals surface area contributed by atoms with Crippen molar-refractivity contribution >= 4 is 29.2 Å². The van der Waals surface area contributed by atoms with Gasteiger partial charge in [-0.05, 0) is 54.4 Å². The van der Waals surface area contributed by atoms with E-state index in [1.54, 1.807) is 36.5 Å². The highest BCUT2D eigenvalue weighted by molar-refractivity contribution is 6.30. The van der Waals surface area contributed by atoms with E-state index < -0.39 is 11.0 Å². The number of nitrogens with one attached hydrogen (secondary N) is 1. The summed E-state index contributed by atoms with van der Waals surface area (Å²) in [7, 11) is 2.11. The minimum atomic E-state index is -0.755. The summed E-state index contributed by atoms with van der Waals surface area (Å²) in [4.78, 5) is 32.3. The highest BCUT2D eigenvalue weighted by Gasteiger charge is 2.20. The number of rotatable bonds is 7. The van der Waals surface area contributed by atoms with E-state index in [9.17, 15) is 14.9 Å². The number of nitro benzene ring substituents is 1. The number of likely N-dealkylation sites (N-methyl/N-ethyl adjacent to an activating group) is 1. The first-order chi connectivity index (χ1) is 16.9. The first-order valence-electron chi connectivity index (χ1n) is 11.3. The monoisotopic (exact) mass is 495 g/mol. The average molecular weight is 496 g/mol. The molecule has 35 heavy (non-hydrogen) atoms. The second-order valence-corrected chi connectivity index (χ2v) is 8.76. The van der Waals surface area contributed by atoms with Gasteiger partial charge in [-0.3, -0.25) is 10.1 Å². The number of nitro groups is 1. The van der Waals surface area contributed by atoms with Crippen LogP contribution < -0.4 is 15.0 Å². The van der Waals surface area contributed by atoms with Crippen LogP contribution in [0.3, 0.4) is 0 Å². The summed E-state index contributed by atoms with van der Waals surface area (Å²) in [6.07, 6.45) is 1.61. The highest BCUT2D eigenvalue weighted by Crippen LogP contribution is 2.33. The van der Waals surface area contributed by atoms with Crippen molar-refractivity contribution in [2.24, 2.45) is 0 Å². The van der Waals surface area contributed by atoms with Gasteiger partial charge in [0, 0.05) is 50.0 Å². The molecule has 0 saturated carbocycles. The standard InChI is InChI=1S/C25H26ClN5O4/c1-29-12-14-30(15-13-29)24-9-2-18(17-28-24)10-11-27-25(32)35-23-8-5-20(16-22(23)31(33)34)19-3-6-21(26)7-4-19/h2-9,16-17H,10-15H2,1H3,(H,27,32). The molecule has 4 rings (SSSR count). The third-order valence-corrected chi connectivity index (χ3v) is 6.11. The average Bonchev–Trinajstić information content (AvgIpc) is 2.86. The van der Waals surface area contributed by atoms with Gasteiger partial charge in [0.05, 0.1) is 4.92 Å². The Bertz CT molecular complexity index is 1180. The Hall–Kier alpha value is -3.69. The zero-order valence-corrected chi connectivity index (χ0v) is 20.1. The fourth-order valence-corrected chi connectivity index (χ4v) is 3.93. The molecule has 1 fully saturated rings. The molecular weight excluding hydrogens is 470 g/mol. The second kappa shape index (κ2) is 11.2. The van der Waals surface area contributed by atoms with Crippen molar-refractivity contribution in [1.82, 2.24) is 15.2 Å². The maximum Gasteiger partial charge on any atom is 0.412 e. The Kier molecular flexibility index (Phi) is 7.79. The van der Waals surface area contributed by atoms with Crippen LogP contribution in [0.4, 0.5) is 16.3 Å². The van der Waals surface area contributed by atoms with E-state index >= 15 is 0 Å². The quantitative estimate of drug-likeness (QED) is 0.383. The first kappa shape index (κ1) is 24.4. The summed E-state index contributed by atoms with van der Waals surface area (Å²) in [6, 6.07) is 15.4. The van der Waals surface area contributed by atoms with Gasteiger partial charge >= 0.3 is 11.8 Å². The lowest BCUT2D eigenvalue weighted by Gasteiger charge is -2.33. The number of nitrogens with zero attached hydrogens (tertiary/aromatic N) is 4. The van der Waals surface area contributed by atoms with E-state index in [0.717, 1.165) is 43.1 Å². The predicted molar refractivity (Wildman–Crippen MR) is 135 cm³/mol. The van der Waals surface area contributed by atoms with Crippen LogP contribution in [0, 0.1) is 10.1 Å². The van der Waals surface area contributed by atoms with Gasteiger partial charge in [0.2, 0.25) is 5.75 Å². The van der Waals surface area contributed by atoms with Crippen molar-refractivity contribution in [2.75, 3.05) is 44.7 Å². The van der Waals surface area contributed by atoms with Crippen molar-refractivity contribution in [1.29, 1.82) is 0 Å². The molecule has 1 amide bonds. The summed E-state index contributed by atoms with van der Waals surface area (Å²) in [6.45, 7) is 4.23. The van der Waals surface area contributed by atoms with Crippen molar-refractivity contribution in [3.05, 3.63) is 81.5 Å². The van der Waals surface area contributed by atoms with E-state index in [0.29, 0.717) is 23.6 Å². The van der Waals surface area contributed by atoms with Crippen molar-refractivity contribution < 1.29 is 14.5 Å². The van der Waals surface area contributed by atoms with Crippen LogP contribution >= 0.6 is 11.6 Å². The number of anilines is 1. The number of ether oxygens (including phenoxy) is 1. The number of carbonyl (C=O) groups is 1. The summed E-state index contributed by atoms with van der Waals surface area (Å²) in [5.41, 5.74) is 2.06. The highest BCUT2D eigenvalue weighted by atomic mass is 35.5. The molecule has 10 heteroatoms. The molecule has 1 aliphatic heterocycles. The smallest absolute Gasteiger partial charge is 0.403 e. The fraction of sp³-hybridized carbons (Fsp3) is 0.280. The molecule has 0 radical (unpaired) electrons. The lowest BCUT2D eigenvalue weighted by Crippen LogP contribution is -2.44. The number of aromatic nitrogens is 1. The third kappa shape index (κ3) is 6.46. The van der Waals surface area contributed by atoms with Crippen LogP contribution in [0.5, 0.6) is 5.75 Å². The van der Waals surface area contributed by atoms with E-state index in [1.165, 1.54) is 12.1 Å². The lowest BCUT2D eigenvalue weighted by molar-refractivity contribution is -0.385. The van der Waals surface area contributed by atoms with Crippen molar-refractivity contribution in [3.63, 3.8) is 0 Å². The van der Waals surface area contributed by atoms with Crippen LogP contribution in [0.1, 0.15) is 5.56 Å². The van der Waals surface area contributed by atoms with Gasteiger partial charge in [0.1, 0.15) is 5.82 Å². The van der Waals surface area contributed by atoms with Gasteiger partial charge < -0.3 is 19.9 Å². The molecule has 1 aliphatic rings. The molecule has 0 bridgehead atoms. The van der Waals surface area contributed by atoms with Crippen LogP contribution in [0.25, 0.3) is 11.1 Å². The summed E-state index contributed by atoms with van der Waals surface area (Å²) in [5.74, 6) is 0.826. The molecule has 0 aliphatic carbocycles. The minimum Gasteiger partial charge on any atom is -0.403 e. The van der Waals surface area contributed by atoms with Gasteiger partial charge in [0.15, 0.2) is 0 Å². The Morgan fingerprint density at radius 3 is 2.46 bits per heavy atom. The summed E-state index contributed by atoms with van der Waals surface area (Å²) < 4.78 is 5.22. The minimum absolute atomic E-state index is 0.122. The molecule has 9 nitrogen and oxygen atoms in total. The van der Waals surface area contributed by atoms with Crippen LogP contribution in [0.15, 0.2) is 60.8 Å². The molecule has 182 valence electrons. The van der Waals surface area contributed by atoms with Gasteiger partial charge in [-0.15, -0.1) is 0 Å². The largest absolute Gasteiger partial charge is 0.412 e. The Morgan fingerprint density at radius 1 is 1.09 bits per heavy atom. The third-order valence-electron chi connectivity index (χ3n) is 5.86. The topological polar surface area (TPSA) is 101 Å². The zero-order chi connectivity index (χ0) is 24.8. The van der Waals surface area contributed by atoms with E-state index in [1.807, 2.05) is 12.1 Å². The number of pyridine rings is 1.